The normalized spacial score (nSPS) is 14.5. The molecule has 2 aromatic carbocycles. The number of fused-ring (bicyclic) bond motifs is 1. The Morgan fingerprint density at radius 1 is 0.920 bits per heavy atom. The van der Waals surface area contributed by atoms with Crippen molar-refractivity contribution < 1.29 is 26.3 Å². The van der Waals surface area contributed by atoms with Crippen molar-refractivity contribution in [2.24, 2.45) is 4.99 Å². The number of alkyl halides is 6. The van der Waals surface area contributed by atoms with Gasteiger partial charge >= 0.3 is 12.4 Å². The first-order chi connectivity index (χ1) is 11.5. The van der Waals surface area contributed by atoms with Gasteiger partial charge in [0, 0.05) is 12.0 Å². The fourth-order valence-corrected chi connectivity index (χ4v) is 2.98. The smallest absolute Gasteiger partial charge is 0.248 e. The maximum atomic E-state index is 13.3. The summed E-state index contributed by atoms with van der Waals surface area (Å²) >= 11 is 6.05. The molecule has 0 radical (unpaired) electrons. The molecule has 132 valence electrons. The topological polar surface area (TPSA) is 12.4 Å². The van der Waals surface area contributed by atoms with Gasteiger partial charge < -0.3 is 0 Å². The van der Waals surface area contributed by atoms with Crippen molar-refractivity contribution in [3.05, 3.63) is 52.0 Å². The highest BCUT2D eigenvalue weighted by atomic mass is 35.5. The first kappa shape index (κ1) is 17.8. The van der Waals surface area contributed by atoms with Crippen LogP contribution in [0.25, 0.3) is 11.1 Å². The SMILES string of the molecule is Cc1ccc(-c2cc3c(cc2Cl)N=C(C(F)(F)F)C3)c(C(F)(F)F)c1. The minimum Gasteiger partial charge on any atom is -0.248 e. The molecule has 0 saturated heterocycles. The number of rotatable bonds is 1. The molecular formula is C17H10ClF6N. The van der Waals surface area contributed by atoms with Crippen molar-refractivity contribution in [1.82, 2.24) is 0 Å². The first-order valence-corrected chi connectivity index (χ1v) is 7.50. The highest BCUT2D eigenvalue weighted by molar-refractivity contribution is 6.33. The van der Waals surface area contributed by atoms with E-state index in [0.29, 0.717) is 5.56 Å². The summed E-state index contributed by atoms with van der Waals surface area (Å²) in [7, 11) is 0. The van der Waals surface area contributed by atoms with Crippen LogP contribution < -0.4 is 0 Å². The summed E-state index contributed by atoms with van der Waals surface area (Å²) in [6, 6.07) is 6.17. The Morgan fingerprint density at radius 3 is 2.20 bits per heavy atom. The van der Waals surface area contributed by atoms with Gasteiger partial charge in [0.05, 0.1) is 16.3 Å². The largest absolute Gasteiger partial charge is 0.429 e. The van der Waals surface area contributed by atoms with E-state index < -0.39 is 30.0 Å². The van der Waals surface area contributed by atoms with Crippen LogP contribution in [-0.2, 0) is 12.6 Å². The van der Waals surface area contributed by atoms with Crippen LogP contribution >= 0.6 is 11.6 Å². The Hall–Kier alpha value is -2.02. The van der Waals surface area contributed by atoms with Gasteiger partial charge in [-0.1, -0.05) is 29.3 Å². The van der Waals surface area contributed by atoms with Crippen LogP contribution in [0, 0.1) is 6.92 Å². The molecule has 1 aliphatic heterocycles. The fraction of sp³-hybridized carbons (Fsp3) is 0.235. The summed E-state index contributed by atoms with van der Waals surface area (Å²) in [5, 5.41) is -0.0831. The van der Waals surface area contributed by atoms with Crippen molar-refractivity contribution in [3.8, 4) is 11.1 Å². The quantitative estimate of drug-likeness (QED) is 0.501. The van der Waals surface area contributed by atoms with E-state index >= 15 is 0 Å². The van der Waals surface area contributed by atoms with Gasteiger partial charge in [-0.15, -0.1) is 0 Å². The molecule has 0 aromatic heterocycles. The summed E-state index contributed by atoms with van der Waals surface area (Å²) < 4.78 is 78.4. The first-order valence-electron chi connectivity index (χ1n) is 7.12. The molecule has 8 heteroatoms. The number of nitrogens with zero attached hydrogens (tertiary/aromatic N) is 1. The molecular weight excluding hydrogens is 368 g/mol. The molecule has 0 spiro atoms. The zero-order chi connectivity index (χ0) is 18.6. The molecule has 0 amide bonds. The van der Waals surface area contributed by atoms with E-state index in [9.17, 15) is 26.3 Å². The summed E-state index contributed by atoms with van der Waals surface area (Å²) in [6.07, 6.45) is -9.69. The third kappa shape index (κ3) is 3.38. The van der Waals surface area contributed by atoms with E-state index in [4.69, 9.17) is 11.6 Å². The standard InChI is InChI=1S/C17H10ClF6N/c1-8-2-3-10(12(4-8)16(19,20)21)11-5-9-6-15(17(22,23)24)25-14(9)7-13(11)18/h2-5,7H,6H2,1H3. The second-order valence-electron chi connectivity index (χ2n) is 5.74. The molecule has 1 aliphatic rings. The average molecular weight is 378 g/mol. The number of aryl methyl sites for hydroxylation is 1. The predicted octanol–water partition coefficient (Wildman–Crippen LogP) is 6.53. The molecule has 1 nitrogen and oxygen atoms in total. The highest BCUT2D eigenvalue weighted by Crippen LogP contribution is 2.43. The molecule has 0 N–H and O–H groups in total. The van der Waals surface area contributed by atoms with Crippen LogP contribution in [0.5, 0.6) is 0 Å². The predicted molar refractivity (Wildman–Crippen MR) is 83.5 cm³/mol. The Labute approximate surface area is 143 Å². The Kier molecular flexibility index (Phi) is 4.10. The van der Waals surface area contributed by atoms with Crippen LogP contribution in [0.1, 0.15) is 16.7 Å². The van der Waals surface area contributed by atoms with Gasteiger partial charge in [0.15, 0.2) is 0 Å². The maximum Gasteiger partial charge on any atom is 0.429 e. The fourth-order valence-electron chi connectivity index (χ4n) is 2.72. The lowest BCUT2D eigenvalue weighted by Crippen LogP contribution is -2.22. The lowest BCUT2D eigenvalue weighted by Gasteiger charge is -2.16. The van der Waals surface area contributed by atoms with E-state index in [1.165, 1.54) is 31.2 Å². The summed E-state index contributed by atoms with van der Waals surface area (Å²) in [5.41, 5.74) is -1.38. The van der Waals surface area contributed by atoms with Crippen molar-refractivity contribution in [2.45, 2.75) is 25.7 Å². The van der Waals surface area contributed by atoms with Crippen LogP contribution in [0.4, 0.5) is 32.0 Å². The van der Waals surface area contributed by atoms with Crippen LogP contribution in [0.3, 0.4) is 0 Å². The third-order valence-electron chi connectivity index (χ3n) is 3.88. The highest BCUT2D eigenvalue weighted by Gasteiger charge is 2.39. The molecule has 0 saturated carbocycles. The molecule has 1 heterocycles. The molecule has 0 atom stereocenters. The van der Waals surface area contributed by atoms with Gasteiger partial charge in [-0.25, -0.2) is 4.99 Å². The Bertz CT molecular complexity index is 880. The van der Waals surface area contributed by atoms with Crippen molar-refractivity contribution >= 4 is 23.0 Å². The lowest BCUT2D eigenvalue weighted by atomic mass is 9.95. The lowest BCUT2D eigenvalue weighted by molar-refractivity contribution is -0.137. The summed E-state index contributed by atoms with van der Waals surface area (Å²) in [6.45, 7) is 1.52. The number of benzene rings is 2. The summed E-state index contributed by atoms with van der Waals surface area (Å²) in [4.78, 5) is 3.49. The maximum absolute atomic E-state index is 13.3. The van der Waals surface area contributed by atoms with Crippen LogP contribution in [0.2, 0.25) is 5.02 Å². The van der Waals surface area contributed by atoms with Gasteiger partial charge in [-0.2, -0.15) is 26.3 Å². The number of aliphatic imine (C=N–C) groups is 1. The molecule has 0 unspecified atom stereocenters. The van der Waals surface area contributed by atoms with Gasteiger partial charge in [0.25, 0.3) is 0 Å². The van der Waals surface area contributed by atoms with Gasteiger partial charge in [0.1, 0.15) is 5.71 Å². The van der Waals surface area contributed by atoms with E-state index in [1.807, 2.05) is 0 Å². The van der Waals surface area contributed by atoms with Crippen molar-refractivity contribution in [2.75, 3.05) is 0 Å². The van der Waals surface area contributed by atoms with Crippen molar-refractivity contribution in [1.29, 1.82) is 0 Å². The van der Waals surface area contributed by atoms with Gasteiger partial charge in [-0.05, 0) is 36.2 Å². The minimum atomic E-state index is -4.61. The van der Waals surface area contributed by atoms with E-state index in [2.05, 4.69) is 4.99 Å². The second-order valence-corrected chi connectivity index (χ2v) is 6.15. The zero-order valence-corrected chi connectivity index (χ0v) is 13.4. The Balaban J connectivity index is 2.13. The molecule has 0 aliphatic carbocycles. The minimum absolute atomic E-state index is 0.0294. The Morgan fingerprint density at radius 2 is 1.60 bits per heavy atom. The number of halogens is 7. The third-order valence-corrected chi connectivity index (χ3v) is 4.19. The zero-order valence-electron chi connectivity index (χ0n) is 12.7. The molecule has 0 fully saturated rings. The van der Waals surface area contributed by atoms with Crippen LogP contribution in [-0.4, -0.2) is 11.9 Å². The number of hydrogen-bond donors (Lipinski definition) is 0. The van der Waals surface area contributed by atoms with E-state index in [0.717, 1.165) is 6.07 Å². The second kappa shape index (κ2) is 5.76. The van der Waals surface area contributed by atoms with E-state index in [1.54, 1.807) is 0 Å². The average Bonchev–Trinajstić information content (AvgIpc) is 2.88. The van der Waals surface area contributed by atoms with Crippen molar-refractivity contribution in [3.63, 3.8) is 0 Å². The molecule has 0 bridgehead atoms. The molecule has 2 aromatic rings. The number of hydrogen-bond acceptors (Lipinski definition) is 1. The monoisotopic (exact) mass is 377 g/mol. The summed E-state index contributed by atoms with van der Waals surface area (Å²) in [5.74, 6) is 0. The van der Waals surface area contributed by atoms with Crippen LogP contribution in [0.15, 0.2) is 35.3 Å². The molecule has 3 rings (SSSR count). The molecule has 25 heavy (non-hydrogen) atoms. The van der Waals surface area contributed by atoms with Gasteiger partial charge in [-0.3, -0.25) is 0 Å². The van der Waals surface area contributed by atoms with E-state index in [-0.39, 0.29) is 27.4 Å². The van der Waals surface area contributed by atoms with Gasteiger partial charge in [0.2, 0.25) is 0 Å².